The van der Waals surface area contributed by atoms with Gasteiger partial charge in [0, 0.05) is 33.8 Å². The Morgan fingerprint density at radius 1 is 0.958 bits per heavy atom. The lowest BCUT2D eigenvalue weighted by atomic mass is 10.0. The number of carboxylic acids is 1. The van der Waals surface area contributed by atoms with Crippen LogP contribution in [0.5, 0.6) is 0 Å². The smallest absolute Gasteiger partial charge is 0.335 e. The van der Waals surface area contributed by atoms with E-state index >= 15 is 0 Å². The monoisotopic (exact) mass is 351 g/mol. The van der Waals surface area contributed by atoms with Crippen LogP contribution in [0.3, 0.4) is 0 Å². The fraction of sp³-hybridized carbons (Fsp3) is 0.333. The van der Waals surface area contributed by atoms with Gasteiger partial charge in [0.05, 0.1) is 7.05 Å². The Hall–Kier alpha value is -3.02. The summed E-state index contributed by atoms with van der Waals surface area (Å²) in [6.45, 7) is 0. The molecule has 142 valence electrons. The number of aliphatic hydroxyl groups is 4. The maximum absolute atomic E-state index is 11.4. The number of quaternary nitrogens is 1. The lowest BCUT2D eigenvalue weighted by Gasteiger charge is -2.23. The van der Waals surface area contributed by atoms with E-state index in [9.17, 15) is 24.9 Å². The maximum atomic E-state index is 11.4. The van der Waals surface area contributed by atoms with Crippen molar-refractivity contribution >= 4 is 11.9 Å². The number of rotatable bonds is 5. The minimum atomic E-state index is -2.37. The van der Waals surface area contributed by atoms with E-state index in [1.165, 1.54) is 0 Å². The lowest BCUT2D eigenvalue weighted by Crippen LogP contribution is -2.52. The van der Waals surface area contributed by atoms with Crippen LogP contribution in [0.15, 0.2) is 0 Å². The molecule has 24 heavy (non-hydrogen) atoms. The Morgan fingerprint density at radius 2 is 1.42 bits per heavy atom. The first-order valence-corrected chi connectivity index (χ1v) is 6.24. The fourth-order valence-corrected chi connectivity index (χ4v) is 1.00. The molecule has 0 aromatic rings. The van der Waals surface area contributed by atoms with Gasteiger partial charge in [-0.3, -0.25) is 10.1 Å². The number of carboxylic acid groups (broad SMARTS) is 1. The number of carbonyl (C=O) groups excluding carboxylic acids is 1. The van der Waals surface area contributed by atoms with Crippen LogP contribution in [-0.4, -0.2) is 68.9 Å². The van der Waals surface area contributed by atoms with Gasteiger partial charge in [0.25, 0.3) is 5.91 Å². The van der Waals surface area contributed by atoms with Crippen molar-refractivity contribution in [2.45, 2.75) is 24.4 Å². The second-order valence-corrected chi connectivity index (χ2v) is 3.59. The van der Waals surface area contributed by atoms with E-state index in [0.29, 0.717) is 0 Å². The van der Waals surface area contributed by atoms with Crippen molar-refractivity contribution in [1.29, 1.82) is 0 Å². The van der Waals surface area contributed by atoms with E-state index < -0.39 is 36.3 Å². The first-order chi connectivity index (χ1) is 11.3. The molecule has 0 radical (unpaired) electrons. The summed E-state index contributed by atoms with van der Waals surface area (Å²) in [5, 5.41) is 47.3. The number of carbonyl (C=O) groups is 2. The Labute approximate surface area is 148 Å². The zero-order chi connectivity index (χ0) is 19.1. The molecular formula is C15H31N2O7+. The summed E-state index contributed by atoms with van der Waals surface area (Å²) in [7, 11) is 1.75. The third-order valence-electron chi connectivity index (χ3n) is 2.09. The van der Waals surface area contributed by atoms with Gasteiger partial charge in [0.15, 0.2) is 12.2 Å². The van der Waals surface area contributed by atoms with Gasteiger partial charge in [-0.25, -0.2) is 4.79 Å². The summed E-state index contributed by atoms with van der Waals surface area (Å²) in [5.74, 6) is 9.92. The van der Waals surface area contributed by atoms with Crippen LogP contribution >= 0.6 is 0 Å². The van der Waals surface area contributed by atoms with Gasteiger partial charge in [0.1, 0.15) is 12.2 Å². The fourth-order valence-electron chi connectivity index (χ4n) is 1.00. The molecule has 4 atom stereocenters. The third-order valence-corrected chi connectivity index (χ3v) is 2.09. The molecule has 0 saturated heterocycles. The van der Waals surface area contributed by atoms with Crippen LogP contribution < -0.4 is 11.1 Å². The number of amides is 1. The van der Waals surface area contributed by atoms with Crippen molar-refractivity contribution in [3.05, 3.63) is 0 Å². The maximum Gasteiger partial charge on any atom is 0.335 e. The number of hydrogen-bond acceptors (Lipinski definition) is 6. The van der Waals surface area contributed by atoms with Crippen LogP contribution in [0.4, 0.5) is 0 Å². The molecule has 1 amide bonds. The molecule has 9 nitrogen and oxygen atoms in total. The quantitative estimate of drug-likeness (QED) is 0.202. The third kappa shape index (κ3) is 9.09. The second-order valence-electron chi connectivity index (χ2n) is 3.59. The van der Waals surface area contributed by atoms with Crippen LogP contribution in [0.25, 0.3) is 0 Å². The molecule has 0 bridgehead atoms. The van der Waals surface area contributed by atoms with Gasteiger partial charge in [-0.15, -0.1) is 6.42 Å². The van der Waals surface area contributed by atoms with Gasteiger partial charge < -0.3 is 31.3 Å². The summed E-state index contributed by atoms with van der Waals surface area (Å²) in [5.41, 5.74) is 3.25. The molecule has 0 aliphatic heterocycles. The van der Waals surface area contributed by atoms with Crippen LogP contribution in [0, 0.1) is 48.0 Å². The first kappa shape index (κ1) is 23.2. The Balaban J connectivity index is -0.0000000744. The summed E-state index contributed by atoms with van der Waals surface area (Å²) in [6, 6.07) is 2.01. The standard InChI is InChI=1S/C14H11NO7.CH5N.7H2/c1-2-3-4-5-6-7-8-15-13(20)11(18)9(16)10(17)12(19)14(21)22;1-2;;;;;;;/h1,9-12,16-19H,(H,15,20)(H,21,22);2H2,1H3;7*1H/p+1/t9-,10-,11+,12-;;;;;;;;/m1......../s1. The van der Waals surface area contributed by atoms with Crippen LogP contribution in [-0.2, 0) is 9.59 Å². The number of terminal acetylenes is 1. The molecule has 0 unspecified atom stereocenters. The summed E-state index contributed by atoms with van der Waals surface area (Å²) in [4.78, 5) is 21.7. The molecule has 0 fully saturated rings. The van der Waals surface area contributed by atoms with E-state index in [1.807, 2.05) is 17.3 Å². The average molecular weight is 351 g/mol. The van der Waals surface area contributed by atoms with Gasteiger partial charge in [-0.1, -0.05) is 0 Å². The normalized spacial score (nSPS) is 13.0. The molecule has 0 saturated carbocycles. The van der Waals surface area contributed by atoms with E-state index in [0.717, 1.165) is 0 Å². The highest BCUT2D eigenvalue weighted by molar-refractivity contribution is 5.83. The van der Waals surface area contributed by atoms with Crippen molar-refractivity contribution in [3.63, 3.8) is 0 Å². The van der Waals surface area contributed by atoms with Crippen molar-refractivity contribution in [3.8, 4) is 48.0 Å². The Bertz CT molecular complexity index is 673. The molecule has 0 aromatic carbocycles. The molecule has 0 aromatic heterocycles. The van der Waals surface area contributed by atoms with Crippen molar-refractivity contribution < 1.29 is 50.8 Å². The lowest BCUT2D eigenvalue weighted by molar-refractivity contribution is -0.325. The number of aliphatic hydroxyl groups excluding tert-OH is 4. The average Bonchev–Trinajstić information content (AvgIpc) is 2.59. The van der Waals surface area contributed by atoms with E-state index in [2.05, 4.69) is 35.3 Å². The van der Waals surface area contributed by atoms with E-state index in [1.54, 1.807) is 7.05 Å². The number of aliphatic carboxylic acids is 1. The molecule has 0 heterocycles. The number of hydrogen-bond donors (Lipinski definition) is 7. The summed E-state index contributed by atoms with van der Waals surface area (Å²) >= 11 is 0. The topological polar surface area (TPSA) is 175 Å². The van der Waals surface area contributed by atoms with Gasteiger partial charge in [-0.05, 0) is 17.8 Å². The summed E-state index contributed by atoms with van der Waals surface area (Å²) in [6.07, 6.45) is -4.27. The zero-order valence-corrected chi connectivity index (χ0v) is 12.6. The minimum Gasteiger partial charge on any atom is -0.479 e. The number of nitrogens with one attached hydrogen (secondary N) is 1. The van der Waals surface area contributed by atoms with Gasteiger partial charge in [-0.2, -0.15) is 0 Å². The molecule has 9 heteroatoms. The molecule has 0 aliphatic rings. The molecule has 9 N–H and O–H groups in total. The molecule has 0 spiro atoms. The van der Waals surface area contributed by atoms with Crippen molar-refractivity contribution in [2.75, 3.05) is 7.05 Å². The predicted molar refractivity (Wildman–Crippen MR) is 95.6 cm³/mol. The summed E-state index contributed by atoms with van der Waals surface area (Å²) < 4.78 is 0. The van der Waals surface area contributed by atoms with Gasteiger partial charge in [0.2, 0.25) is 0 Å². The van der Waals surface area contributed by atoms with Crippen molar-refractivity contribution in [1.82, 2.24) is 5.32 Å². The van der Waals surface area contributed by atoms with Crippen LogP contribution in [0.2, 0.25) is 0 Å². The largest absolute Gasteiger partial charge is 0.479 e. The highest BCUT2D eigenvalue weighted by atomic mass is 16.4. The SMILES string of the molecule is C#CC#CC#CC#CNC(=O)[C@@H](O)[C@H](O)[C@@H](O)[C@@H](O)C(=O)O.C[NH3+].[HH].[HH].[HH].[HH].[HH].[HH].[HH]. The first-order valence-electron chi connectivity index (χ1n) is 6.24. The zero-order valence-electron chi connectivity index (χ0n) is 12.6. The molecule has 0 aliphatic carbocycles. The predicted octanol–water partition coefficient (Wildman–Crippen LogP) is -3.19. The Morgan fingerprint density at radius 3 is 1.92 bits per heavy atom. The van der Waals surface area contributed by atoms with Gasteiger partial charge >= 0.3 is 5.97 Å². The van der Waals surface area contributed by atoms with E-state index in [-0.39, 0.29) is 9.99 Å². The highest BCUT2D eigenvalue weighted by Crippen LogP contribution is 2.05. The van der Waals surface area contributed by atoms with Crippen molar-refractivity contribution in [2.24, 2.45) is 0 Å². The molecule has 0 rings (SSSR count). The van der Waals surface area contributed by atoms with Crippen LogP contribution in [0.1, 0.15) is 9.99 Å². The van der Waals surface area contributed by atoms with E-state index in [4.69, 9.17) is 16.6 Å². The minimum absolute atomic E-state index is 0. The molecular weight excluding hydrogens is 320 g/mol. The Kier molecular flexibility index (Phi) is 13.2. The second kappa shape index (κ2) is 13.6. The highest BCUT2D eigenvalue weighted by Gasteiger charge is 2.37.